The summed E-state index contributed by atoms with van der Waals surface area (Å²) in [6, 6.07) is 4.16. The van der Waals surface area contributed by atoms with E-state index < -0.39 is 0 Å². The lowest BCUT2D eigenvalue weighted by Crippen LogP contribution is -2.39. The van der Waals surface area contributed by atoms with Crippen molar-refractivity contribution < 1.29 is 4.79 Å². The van der Waals surface area contributed by atoms with Crippen LogP contribution < -0.4 is 0 Å². The van der Waals surface area contributed by atoms with Gasteiger partial charge in [-0.2, -0.15) is 5.10 Å². The van der Waals surface area contributed by atoms with Gasteiger partial charge in [0.2, 0.25) is 0 Å². The highest BCUT2D eigenvalue weighted by Gasteiger charge is 2.27. The van der Waals surface area contributed by atoms with E-state index >= 15 is 0 Å². The number of fused-ring (bicyclic) bond motifs is 1. The van der Waals surface area contributed by atoms with Gasteiger partial charge in [-0.1, -0.05) is 0 Å². The van der Waals surface area contributed by atoms with Gasteiger partial charge in [-0.15, -0.1) is 0 Å². The van der Waals surface area contributed by atoms with E-state index in [1.54, 1.807) is 12.4 Å². The number of amides is 1. The van der Waals surface area contributed by atoms with Crippen LogP contribution in [-0.4, -0.2) is 48.6 Å². The van der Waals surface area contributed by atoms with E-state index in [4.69, 9.17) is 4.98 Å². The molecule has 134 valence electrons. The zero-order valence-corrected chi connectivity index (χ0v) is 15.3. The van der Waals surface area contributed by atoms with Crippen molar-refractivity contribution in [1.82, 2.24) is 29.6 Å². The lowest BCUT2D eigenvalue weighted by molar-refractivity contribution is 0.0699. The van der Waals surface area contributed by atoms with Crippen LogP contribution in [-0.2, 0) is 7.05 Å². The van der Waals surface area contributed by atoms with Crippen LogP contribution in [0.5, 0.6) is 0 Å². The fourth-order valence-electron chi connectivity index (χ4n) is 3.61. The smallest absolute Gasteiger partial charge is 0.274 e. The summed E-state index contributed by atoms with van der Waals surface area (Å²) in [5, 5.41) is 5.52. The van der Waals surface area contributed by atoms with Crippen LogP contribution in [0.3, 0.4) is 0 Å². The highest BCUT2D eigenvalue weighted by molar-refractivity contribution is 5.92. The van der Waals surface area contributed by atoms with E-state index in [9.17, 15) is 4.79 Å². The lowest BCUT2D eigenvalue weighted by Gasteiger charge is -2.32. The van der Waals surface area contributed by atoms with Gasteiger partial charge < -0.3 is 4.90 Å². The molecular weight excluding hydrogens is 328 g/mol. The van der Waals surface area contributed by atoms with Crippen LogP contribution in [0.2, 0.25) is 0 Å². The SMILES string of the molecule is Cc1cnc(C(=O)N2CCC[C@@H](c3ccc4c(C)nn(C)c4n3)C2)cn1. The Kier molecular flexibility index (Phi) is 4.14. The molecule has 1 aliphatic rings. The van der Waals surface area contributed by atoms with E-state index in [0.717, 1.165) is 47.5 Å². The molecule has 0 aliphatic carbocycles. The molecule has 4 rings (SSSR count). The second-order valence-corrected chi connectivity index (χ2v) is 6.95. The number of carbonyl (C=O) groups is 1. The number of aryl methyl sites for hydroxylation is 3. The Labute approximate surface area is 152 Å². The van der Waals surface area contributed by atoms with Gasteiger partial charge in [-0.05, 0) is 38.8 Å². The molecule has 1 fully saturated rings. The highest BCUT2D eigenvalue weighted by Crippen LogP contribution is 2.28. The Bertz CT molecular complexity index is 962. The van der Waals surface area contributed by atoms with Crippen molar-refractivity contribution in [1.29, 1.82) is 0 Å². The Balaban J connectivity index is 1.57. The van der Waals surface area contributed by atoms with E-state index in [1.165, 1.54) is 0 Å². The maximum Gasteiger partial charge on any atom is 0.274 e. The van der Waals surface area contributed by atoms with Crippen LogP contribution in [0.25, 0.3) is 11.0 Å². The number of nitrogens with zero attached hydrogens (tertiary/aromatic N) is 6. The third-order valence-electron chi connectivity index (χ3n) is 5.02. The van der Waals surface area contributed by atoms with Crippen molar-refractivity contribution >= 4 is 16.9 Å². The predicted molar refractivity (Wildman–Crippen MR) is 97.9 cm³/mol. The first-order valence-electron chi connectivity index (χ1n) is 8.91. The summed E-state index contributed by atoms with van der Waals surface area (Å²) in [6.07, 6.45) is 5.18. The summed E-state index contributed by atoms with van der Waals surface area (Å²) in [7, 11) is 1.92. The van der Waals surface area contributed by atoms with Gasteiger partial charge in [0.1, 0.15) is 5.69 Å². The van der Waals surface area contributed by atoms with Gasteiger partial charge >= 0.3 is 0 Å². The molecule has 0 saturated carbocycles. The fourth-order valence-corrected chi connectivity index (χ4v) is 3.61. The molecule has 0 unspecified atom stereocenters. The number of aromatic nitrogens is 5. The number of pyridine rings is 1. The standard InChI is InChI=1S/C19H22N6O/c1-12-9-21-17(10-20-12)19(26)25-8-4-5-14(11-25)16-7-6-15-13(2)23-24(3)18(15)22-16/h6-7,9-10,14H,4-5,8,11H2,1-3H3/t14-/m1/s1. The number of hydrogen-bond acceptors (Lipinski definition) is 5. The summed E-state index contributed by atoms with van der Waals surface area (Å²) >= 11 is 0. The first kappa shape index (κ1) is 16.6. The van der Waals surface area contributed by atoms with E-state index in [1.807, 2.05) is 30.5 Å². The Morgan fingerprint density at radius 3 is 2.81 bits per heavy atom. The van der Waals surface area contributed by atoms with Crippen LogP contribution in [0.15, 0.2) is 24.5 Å². The summed E-state index contributed by atoms with van der Waals surface area (Å²) in [4.78, 5) is 27.9. The maximum atomic E-state index is 12.7. The molecule has 0 N–H and O–H groups in total. The van der Waals surface area contributed by atoms with Gasteiger partial charge in [0.05, 0.1) is 17.6 Å². The average Bonchev–Trinajstić information content (AvgIpc) is 2.95. The van der Waals surface area contributed by atoms with Crippen molar-refractivity contribution in [2.24, 2.45) is 7.05 Å². The molecule has 7 nitrogen and oxygen atoms in total. The van der Waals surface area contributed by atoms with Crippen molar-refractivity contribution in [3.05, 3.63) is 47.3 Å². The van der Waals surface area contributed by atoms with E-state index in [2.05, 4.69) is 27.2 Å². The molecule has 0 spiro atoms. The minimum atomic E-state index is -0.0559. The largest absolute Gasteiger partial charge is 0.337 e. The number of rotatable bonds is 2. The second kappa shape index (κ2) is 6.48. The second-order valence-electron chi connectivity index (χ2n) is 6.95. The van der Waals surface area contributed by atoms with Crippen molar-refractivity contribution in [3.63, 3.8) is 0 Å². The minimum Gasteiger partial charge on any atom is -0.337 e. The third-order valence-corrected chi connectivity index (χ3v) is 5.02. The monoisotopic (exact) mass is 350 g/mol. The van der Waals surface area contributed by atoms with Crippen LogP contribution in [0.4, 0.5) is 0 Å². The lowest BCUT2D eigenvalue weighted by atomic mass is 9.94. The molecule has 3 aromatic heterocycles. The molecule has 4 heterocycles. The molecule has 1 atom stereocenters. The molecule has 1 saturated heterocycles. The van der Waals surface area contributed by atoms with Crippen molar-refractivity contribution in [2.75, 3.05) is 13.1 Å². The number of carbonyl (C=O) groups excluding carboxylic acids is 1. The van der Waals surface area contributed by atoms with Gasteiger partial charge in [-0.25, -0.2) is 9.97 Å². The van der Waals surface area contributed by atoms with Gasteiger partial charge in [-0.3, -0.25) is 14.5 Å². The Morgan fingerprint density at radius 1 is 1.19 bits per heavy atom. The van der Waals surface area contributed by atoms with Crippen LogP contribution >= 0.6 is 0 Å². The third kappa shape index (κ3) is 2.94. The molecule has 1 amide bonds. The van der Waals surface area contributed by atoms with Crippen LogP contribution in [0.1, 0.15) is 46.3 Å². The summed E-state index contributed by atoms with van der Waals surface area (Å²) in [5.41, 5.74) is 4.12. The highest BCUT2D eigenvalue weighted by atomic mass is 16.2. The molecule has 0 bridgehead atoms. The Morgan fingerprint density at radius 2 is 2.04 bits per heavy atom. The molecule has 0 aromatic carbocycles. The Hall–Kier alpha value is -2.83. The molecule has 0 radical (unpaired) electrons. The molecule has 3 aromatic rings. The normalized spacial score (nSPS) is 17.7. The minimum absolute atomic E-state index is 0.0559. The van der Waals surface area contributed by atoms with Crippen molar-refractivity contribution in [2.45, 2.75) is 32.6 Å². The number of piperidine rings is 1. The van der Waals surface area contributed by atoms with E-state index in [-0.39, 0.29) is 11.8 Å². The zero-order chi connectivity index (χ0) is 18.3. The number of hydrogen-bond donors (Lipinski definition) is 0. The summed E-state index contributed by atoms with van der Waals surface area (Å²) in [5.74, 6) is 0.172. The van der Waals surface area contributed by atoms with Gasteiger partial charge in [0, 0.05) is 43.3 Å². The first-order chi connectivity index (χ1) is 12.5. The maximum absolute atomic E-state index is 12.7. The molecular formula is C19H22N6O. The molecule has 7 heteroatoms. The van der Waals surface area contributed by atoms with Gasteiger partial charge in [0.15, 0.2) is 5.65 Å². The predicted octanol–water partition coefficient (Wildman–Crippen LogP) is 2.39. The molecule has 26 heavy (non-hydrogen) atoms. The van der Waals surface area contributed by atoms with Crippen LogP contribution in [0, 0.1) is 13.8 Å². The summed E-state index contributed by atoms with van der Waals surface area (Å²) in [6.45, 7) is 5.26. The average molecular weight is 350 g/mol. The van der Waals surface area contributed by atoms with E-state index in [0.29, 0.717) is 12.2 Å². The first-order valence-corrected chi connectivity index (χ1v) is 8.91. The zero-order valence-electron chi connectivity index (χ0n) is 15.3. The van der Waals surface area contributed by atoms with Gasteiger partial charge in [0.25, 0.3) is 5.91 Å². The number of likely N-dealkylation sites (tertiary alicyclic amines) is 1. The quantitative estimate of drug-likeness (QED) is 0.709. The fraction of sp³-hybridized carbons (Fsp3) is 0.421. The van der Waals surface area contributed by atoms with Crippen molar-refractivity contribution in [3.8, 4) is 0 Å². The topological polar surface area (TPSA) is 76.8 Å². The summed E-state index contributed by atoms with van der Waals surface area (Å²) < 4.78 is 1.82. The molecule has 1 aliphatic heterocycles.